The average Bonchev–Trinajstić information content (AvgIpc) is 3.22. The van der Waals surface area contributed by atoms with Crippen LogP contribution in [0.3, 0.4) is 0 Å². The van der Waals surface area contributed by atoms with Crippen LogP contribution in [0.15, 0.2) is 6.33 Å². The Morgan fingerprint density at radius 1 is 1.23 bits per heavy atom. The van der Waals surface area contributed by atoms with Crippen molar-refractivity contribution in [1.82, 2.24) is 15.0 Å². The first-order valence-electron chi connectivity index (χ1n) is 9.49. The maximum Gasteiger partial charge on any atom is 0.147 e. The molecule has 0 bridgehead atoms. The van der Waals surface area contributed by atoms with Crippen molar-refractivity contribution in [3.63, 3.8) is 0 Å². The molecule has 138 valence electrons. The highest BCUT2D eigenvalue weighted by Gasteiger charge is 2.24. The molecular weight excluding hydrogens is 344 g/mol. The number of hydrogen-bond acceptors (Lipinski definition) is 6. The summed E-state index contributed by atoms with van der Waals surface area (Å²) in [5.74, 6) is 1.54. The number of hydrogen-bond donors (Lipinski definition) is 1. The lowest BCUT2D eigenvalue weighted by molar-refractivity contribution is 0.198. The van der Waals surface area contributed by atoms with Gasteiger partial charge in [0.05, 0.1) is 10.2 Å². The average molecular weight is 371 g/mol. The molecule has 1 aliphatic rings. The minimum Gasteiger partial charge on any atom is -0.385 e. The minimum atomic E-state index is 0.622. The Morgan fingerprint density at radius 2 is 2.08 bits per heavy atom. The van der Waals surface area contributed by atoms with E-state index in [9.17, 15) is 0 Å². The minimum absolute atomic E-state index is 0.622. The third-order valence-corrected chi connectivity index (χ3v) is 6.06. The zero-order valence-electron chi connectivity index (χ0n) is 15.8. The quantitative estimate of drug-likeness (QED) is 0.626. The molecule has 5 nitrogen and oxygen atoms in total. The normalized spacial score (nSPS) is 13.8. The van der Waals surface area contributed by atoms with Gasteiger partial charge in [-0.15, -0.1) is 11.3 Å². The molecule has 26 heavy (non-hydrogen) atoms. The van der Waals surface area contributed by atoms with Crippen molar-refractivity contribution in [1.29, 1.82) is 0 Å². The molecular formula is C20H26N4OS. The Kier molecular flexibility index (Phi) is 5.05. The van der Waals surface area contributed by atoms with Crippen LogP contribution in [0.5, 0.6) is 0 Å². The standard InChI is InChI=1S/C20H26N4OS/c1-12(2)10-15-13-6-4-7-14(13)16-17-18(26-20(16)24-15)19(23-11-22-17)21-8-5-9-25-3/h11-12H,4-10H2,1-3H3,(H,21,22,23). The fourth-order valence-electron chi connectivity index (χ4n) is 3.88. The van der Waals surface area contributed by atoms with E-state index in [2.05, 4.69) is 29.1 Å². The molecule has 0 unspecified atom stereocenters. The van der Waals surface area contributed by atoms with E-state index in [0.29, 0.717) is 5.92 Å². The van der Waals surface area contributed by atoms with Gasteiger partial charge in [0.1, 0.15) is 17.0 Å². The summed E-state index contributed by atoms with van der Waals surface area (Å²) >= 11 is 1.73. The molecule has 0 amide bonds. The summed E-state index contributed by atoms with van der Waals surface area (Å²) in [6.45, 7) is 6.14. The molecule has 1 aliphatic carbocycles. The van der Waals surface area contributed by atoms with E-state index < -0.39 is 0 Å². The van der Waals surface area contributed by atoms with Crippen LogP contribution < -0.4 is 5.32 Å². The Labute approximate surface area is 158 Å². The molecule has 3 heterocycles. The van der Waals surface area contributed by atoms with Crippen LogP contribution in [0.25, 0.3) is 20.4 Å². The van der Waals surface area contributed by atoms with Crippen molar-refractivity contribution >= 4 is 37.6 Å². The first kappa shape index (κ1) is 17.6. The number of rotatable bonds is 7. The Balaban J connectivity index is 1.81. The van der Waals surface area contributed by atoms with Gasteiger partial charge in [-0.25, -0.2) is 15.0 Å². The fourth-order valence-corrected chi connectivity index (χ4v) is 5.03. The maximum absolute atomic E-state index is 5.13. The first-order valence-corrected chi connectivity index (χ1v) is 10.3. The van der Waals surface area contributed by atoms with Crippen molar-refractivity contribution in [2.45, 2.75) is 46.0 Å². The summed E-state index contributed by atoms with van der Waals surface area (Å²) in [5.41, 5.74) is 5.34. The molecule has 0 radical (unpaired) electrons. The zero-order valence-corrected chi connectivity index (χ0v) is 16.6. The van der Waals surface area contributed by atoms with Crippen molar-refractivity contribution in [2.24, 2.45) is 5.92 Å². The number of anilines is 1. The zero-order chi connectivity index (χ0) is 18.1. The summed E-state index contributed by atoms with van der Waals surface area (Å²) < 4.78 is 6.26. The number of aromatic nitrogens is 3. The van der Waals surface area contributed by atoms with Gasteiger partial charge in [0.25, 0.3) is 0 Å². The summed E-state index contributed by atoms with van der Waals surface area (Å²) in [5, 5.41) is 4.72. The number of methoxy groups -OCH3 is 1. The van der Waals surface area contributed by atoms with Crippen LogP contribution in [0.4, 0.5) is 5.82 Å². The van der Waals surface area contributed by atoms with Crippen molar-refractivity contribution in [2.75, 3.05) is 25.6 Å². The van der Waals surface area contributed by atoms with Crippen LogP contribution in [0.2, 0.25) is 0 Å². The van der Waals surface area contributed by atoms with Gasteiger partial charge < -0.3 is 10.1 Å². The highest BCUT2D eigenvalue weighted by Crippen LogP contribution is 2.41. The van der Waals surface area contributed by atoms with Crippen molar-refractivity contribution in [3.05, 3.63) is 23.1 Å². The van der Waals surface area contributed by atoms with Crippen LogP contribution in [0, 0.1) is 5.92 Å². The van der Waals surface area contributed by atoms with E-state index in [1.54, 1.807) is 24.8 Å². The Hall–Kier alpha value is -1.79. The third-order valence-electron chi connectivity index (χ3n) is 4.98. The number of aryl methyl sites for hydroxylation is 1. The SMILES string of the molecule is COCCCNc1ncnc2c1sc1nc(CC(C)C)c3c(c12)CCC3. The van der Waals surface area contributed by atoms with Crippen LogP contribution in [0.1, 0.15) is 43.5 Å². The summed E-state index contributed by atoms with van der Waals surface area (Å²) in [7, 11) is 1.73. The molecule has 6 heteroatoms. The molecule has 4 rings (SSSR count). The molecule has 1 N–H and O–H groups in total. The number of ether oxygens (including phenoxy) is 1. The van der Waals surface area contributed by atoms with Gasteiger partial charge in [-0.2, -0.15) is 0 Å². The van der Waals surface area contributed by atoms with Gasteiger partial charge >= 0.3 is 0 Å². The molecule has 0 aliphatic heterocycles. The Morgan fingerprint density at radius 3 is 2.88 bits per heavy atom. The van der Waals surface area contributed by atoms with E-state index in [1.165, 1.54) is 28.6 Å². The smallest absolute Gasteiger partial charge is 0.147 e. The predicted octanol–water partition coefficient (Wildman–Crippen LogP) is 4.38. The molecule has 0 spiro atoms. The maximum atomic E-state index is 5.13. The van der Waals surface area contributed by atoms with E-state index in [4.69, 9.17) is 9.72 Å². The molecule has 0 aromatic carbocycles. The predicted molar refractivity (Wildman–Crippen MR) is 108 cm³/mol. The number of fused-ring (bicyclic) bond motifs is 5. The second kappa shape index (κ2) is 7.45. The third kappa shape index (κ3) is 3.16. The van der Waals surface area contributed by atoms with Crippen LogP contribution >= 0.6 is 11.3 Å². The summed E-state index contributed by atoms with van der Waals surface area (Å²) in [6.07, 6.45) is 7.22. The topological polar surface area (TPSA) is 59.9 Å². The number of thiophene rings is 1. The second-order valence-electron chi connectivity index (χ2n) is 7.42. The summed E-state index contributed by atoms with van der Waals surface area (Å²) in [4.78, 5) is 15.3. The van der Waals surface area contributed by atoms with E-state index >= 15 is 0 Å². The lowest BCUT2D eigenvalue weighted by Crippen LogP contribution is -2.06. The lowest BCUT2D eigenvalue weighted by Gasteiger charge is -2.11. The number of pyridine rings is 1. The van der Waals surface area contributed by atoms with E-state index in [-0.39, 0.29) is 0 Å². The monoisotopic (exact) mass is 370 g/mol. The number of nitrogens with zero attached hydrogens (tertiary/aromatic N) is 3. The molecule has 0 atom stereocenters. The molecule has 0 fully saturated rings. The van der Waals surface area contributed by atoms with Gasteiger partial charge in [0.2, 0.25) is 0 Å². The summed E-state index contributed by atoms with van der Waals surface area (Å²) in [6, 6.07) is 0. The molecule has 3 aromatic heterocycles. The van der Waals surface area contributed by atoms with Crippen LogP contribution in [-0.2, 0) is 24.0 Å². The van der Waals surface area contributed by atoms with Crippen LogP contribution in [-0.4, -0.2) is 35.2 Å². The van der Waals surface area contributed by atoms with Crippen molar-refractivity contribution in [3.8, 4) is 0 Å². The molecule has 0 saturated carbocycles. The van der Waals surface area contributed by atoms with Gasteiger partial charge in [0, 0.05) is 31.3 Å². The second-order valence-corrected chi connectivity index (χ2v) is 8.42. The number of nitrogens with one attached hydrogen (secondary N) is 1. The van der Waals surface area contributed by atoms with Gasteiger partial charge in [0.15, 0.2) is 0 Å². The van der Waals surface area contributed by atoms with Crippen molar-refractivity contribution < 1.29 is 4.74 Å². The van der Waals surface area contributed by atoms with Gasteiger partial charge in [-0.3, -0.25) is 0 Å². The van der Waals surface area contributed by atoms with Gasteiger partial charge in [-0.1, -0.05) is 13.8 Å². The molecule has 3 aromatic rings. The Bertz CT molecular complexity index is 935. The lowest BCUT2D eigenvalue weighted by atomic mass is 9.99. The largest absolute Gasteiger partial charge is 0.385 e. The van der Waals surface area contributed by atoms with E-state index in [1.807, 2.05) is 0 Å². The fraction of sp³-hybridized carbons (Fsp3) is 0.550. The highest BCUT2D eigenvalue weighted by atomic mass is 32.1. The first-order chi connectivity index (χ1) is 12.7. The van der Waals surface area contributed by atoms with E-state index in [0.717, 1.165) is 59.7 Å². The van der Waals surface area contributed by atoms with Gasteiger partial charge in [-0.05, 0) is 49.1 Å². The highest BCUT2D eigenvalue weighted by molar-refractivity contribution is 7.26. The molecule has 0 saturated heterocycles.